The molecular weight excluding hydrogens is 248 g/mol. The van der Waals surface area contributed by atoms with Crippen LogP contribution in [-0.4, -0.2) is 16.5 Å². The van der Waals surface area contributed by atoms with Gasteiger partial charge in [0.25, 0.3) is 0 Å². The number of aldehydes is 1. The standard InChI is InChI=1S/C14H8O5/c15-6-7-5-9(16)13(18)14-11(7)12(17)8-3-1-2-4-10(8)19-14/h1-6,16,18H. The molecule has 0 bridgehead atoms. The molecule has 0 aliphatic rings. The fourth-order valence-corrected chi connectivity index (χ4v) is 2.07. The Bertz CT molecular complexity index is 876. The maximum atomic E-state index is 12.3. The number of para-hydroxylation sites is 1. The Morgan fingerprint density at radius 2 is 1.89 bits per heavy atom. The van der Waals surface area contributed by atoms with Crippen molar-refractivity contribution in [2.75, 3.05) is 0 Å². The van der Waals surface area contributed by atoms with Crippen molar-refractivity contribution in [3.8, 4) is 11.5 Å². The third-order valence-corrected chi connectivity index (χ3v) is 2.96. The Kier molecular flexibility index (Phi) is 2.28. The van der Waals surface area contributed by atoms with E-state index in [4.69, 9.17) is 4.42 Å². The van der Waals surface area contributed by atoms with E-state index in [2.05, 4.69) is 0 Å². The number of phenols is 2. The van der Waals surface area contributed by atoms with Gasteiger partial charge in [0.15, 0.2) is 17.6 Å². The van der Waals surface area contributed by atoms with Crippen LogP contribution in [0, 0.1) is 0 Å². The van der Waals surface area contributed by atoms with Gasteiger partial charge in [-0.2, -0.15) is 0 Å². The first-order valence-electron chi connectivity index (χ1n) is 5.49. The molecule has 0 atom stereocenters. The summed E-state index contributed by atoms with van der Waals surface area (Å²) < 4.78 is 5.41. The van der Waals surface area contributed by atoms with Crippen molar-refractivity contribution in [1.29, 1.82) is 0 Å². The Hall–Kier alpha value is -2.82. The van der Waals surface area contributed by atoms with Crippen LogP contribution in [-0.2, 0) is 0 Å². The Morgan fingerprint density at radius 1 is 1.16 bits per heavy atom. The Morgan fingerprint density at radius 3 is 2.63 bits per heavy atom. The number of fused-ring (bicyclic) bond motifs is 2. The molecule has 0 saturated carbocycles. The van der Waals surface area contributed by atoms with Crippen LogP contribution < -0.4 is 5.43 Å². The molecule has 19 heavy (non-hydrogen) atoms. The number of phenolic OH excluding ortho intramolecular Hbond substituents is 2. The van der Waals surface area contributed by atoms with E-state index in [9.17, 15) is 19.8 Å². The summed E-state index contributed by atoms with van der Waals surface area (Å²) in [5.41, 5.74) is -0.359. The van der Waals surface area contributed by atoms with E-state index in [0.717, 1.165) is 6.07 Å². The van der Waals surface area contributed by atoms with Crippen molar-refractivity contribution in [2.24, 2.45) is 0 Å². The summed E-state index contributed by atoms with van der Waals surface area (Å²) in [7, 11) is 0. The number of carbonyl (C=O) groups excluding carboxylic acids is 1. The van der Waals surface area contributed by atoms with Gasteiger partial charge in [0.2, 0.25) is 11.2 Å². The molecule has 94 valence electrons. The lowest BCUT2D eigenvalue weighted by Crippen LogP contribution is -2.05. The van der Waals surface area contributed by atoms with Gasteiger partial charge in [-0.1, -0.05) is 12.1 Å². The van der Waals surface area contributed by atoms with Crippen molar-refractivity contribution in [3.63, 3.8) is 0 Å². The smallest absolute Gasteiger partial charge is 0.202 e. The van der Waals surface area contributed by atoms with Crippen LogP contribution in [0.3, 0.4) is 0 Å². The monoisotopic (exact) mass is 256 g/mol. The van der Waals surface area contributed by atoms with Gasteiger partial charge in [-0.15, -0.1) is 0 Å². The van der Waals surface area contributed by atoms with Crippen LogP contribution in [0.4, 0.5) is 0 Å². The Labute approximate surface area is 106 Å². The van der Waals surface area contributed by atoms with E-state index in [1.54, 1.807) is 24.3 Å². The summed E-state index contributed by atoms with van der Waals surface area (Å²) in [4.78, 5) is 23.3. The number of carbonyl (C=O) groups is 1. The molecule has 0 saturated heterocycles. The van der Waals surface area contributed by atoms with Crippen molar-refractivity contribution >= 4 is 28.2 Å². The molecule has 1 aromatic heterocycles. The van der Waals surface area contributed by atoms with E-state index in [1.165, 1.54) is 0 Å². The Balaban J connectivity index is 2.69. The minimum atomic E-state index is -0.552. The molecular formula is C14H8O5. The highest BCUT2D eigenvalue weighted by molar-refractivity contribution is 6.03. The second-order valence-electron chi connectivity index (χ2n) is 4.08. The number of rotatable bonds is 1. The van der Waals surface area contributed by atoms with Crippen LogP contribution in [0.2, 0.25) is 0 Å². The largest absolute Gasteiger partial charge is 0.504 e. The molecule has 3 aromatic rings. The summed E-state index contributed by atoms with van der Waals surface area (Å²) in [6, 6.07) is 7.53. The second kappa shape index (κ2) is 3.84. The fraction of sp³-hybridized carbons (Fsp3) is 0. The molecule has 0 radical (unpaired) electrons. The molecule has 5 nitrogen and oxygen atoms in total. The van der Waals surface area contributed by atoms with Gasteiger partial charge in [-0.05, 0) is 18.2 Å². The third-order valence-electron chi connectivity index (χ3n) is 2.96. The second-order valence-corrected chi connectivity index (χ2v) is 4.08. The first kappa shape index (κ1) is 11.3. The molecule has 3 rings (SSSR count). The quantitative estimate of drug-likeness (QED) is 0.396. The molecule has 0 aliphatic heterocycles. The lowest BCUT2D eigenvalue weighted by molar-refractivity contribution is 0.112. The lowest BCUT2D eigenvalue weighted by Gasteiger charge is -2.06. The molecule has 0 amide bonds. The predicted molar refractivity (Wildman–Crippen MR) is 68.7 cm³/mol. The molecule has 5 heteroatoms. The number of aromatic hydroxyl groups is 2. The molecule has 2 N–H and O–H groups in total. The van der Waals surface area contributed by atoms with Crippen molar-refractivity contribution in [2.45, 2.75) is 0 Å². The summed E-state index contributed by atoms with van der Waals surface area (Å²) >= 11 is 0. The molecule has 0 unspecified atom stereocenters. The lowest BCUT2D eigenvalue weighted by atomic mass is 10.1. The molecule has 0 spiro atoms. The molecule has 0 fully saturated rings. The van der Waals surface area contributed by atoms with Gasteiger partial charge >= 0.3 is 0 Å². The van der Waals surface area contributed by atoms with Gasteiger partial charge in [0, 0.05) is 5.56 Å². The number of benzene rings is 2. The first-order chi connectivity index (χ1) is 9.13. The zero-order valence-corrected chi connectivity index (χ0v) is 9.58. The zero-order chi connectivity index (χ0) is 13.6. The van der Waals surface area contributed by atoms with E-state index in [0.29, 0.717) is 11.7 Å². The van der Waals surface area contributed by atoms with E-state index in [-0.39, 0.29) is 22.1 Å². The molecule has 0 aliphatic carbocycles. The summed E-state index contributed by atoms with van der Waals surface area (Å²) in [6.45, 7) is 0. The molecule has 1 heterocycles. The van der Waals surface area contributed by atoms with Crippen LogP contribution >= 0.6 is 0 Å². The van der Waals surface area contributed by atoms with Gasteiger partial charge in [0.05, 0.1) is 10.8 Å². The van der Waals surface area contributed by atoms with Crippen LogP contribution in [0.15, 0.2) is 39.5 Å². The normalized spacial score (nSPS) is 10.9. The topological polar surface area (TPSA) is 87.7 Å². The average molecular weight is 256 g/mol. The summed E-state index contributed by atoms with van der Waals surface area (Å²) in [5, 5.41) is 19.6. The number of hydrogen-bond acceptors (Lipinski definition) is 5. The summed E-state index contributed by atoms with van der Waals surface area (Å²) in [6.07, 6.45) is 0.438. The van der Waals surface area contributed by atoms with Gasteiger partial charge in [-0.3, -0.25) is 9.59 Å². The predicted octanol–water partition coefficient (Wildman–Crippen LogP) is 2.17. The SMILES string of the molecule is O=Cc1cc(O)c(O)c2oc3ccccc3c(=O)c12. The van der Waals surface area contributed by atoms with E-state index < -0.39 is 16.9 Å². The van der Waals surface area contributed by atoms with E-state index >= 15 is 0 Å². The average Bonchev–Trinajstić information content (AvgIpc) is 2.43. The van der Waals surface area contributed by atoms with Crippen LogP contribution in [0.5, 0.6) is 11.5 Å². The highest BCUT2D eigenvalue weighted by Gasteiger charge is 2.17. The van der Waals surface area contributed by atoms with Gasteiger partial charge in [-0.25, -0.2) is 0 Å². The third kappa shape index (κ3) is 1.48. The fourth-order valence-electron chi connectivity index (χ4n) is 2.07. The van der Waals surface area contributed by atoms with Crippen molar-refractivity contribution in [3.05, 3.63) is 46.1 Å². The molecule has 2 aromatic carbocycles. The summed E-state index contributed by atoms with van der Waals surface area (Å²) in [5.74, 6) is -1.06. The highest BCUT2D eigenvalue weighted by atomic mass is 16.4. The maximum absolute atomic E-state index is 12.3. The van der Waals surface area contributed by atoms with E-state index in [1.807, 2.05) is 0 Å². The van der Waals surface area contributed by atoms with Crippen LogP contribution in [0.25, 0.3) is 21.9 Å². The van der Waals surface area contributed by atoms with Gasteiger partial charge in [0.1, 0.15) is 5.58 Å². The minimum Gasteiger partial charge on any atom is -0.504 e. The zero-order valence-electron chi connectivity index (χ0n) is 9.58. The van der Waals surface area contributed by atoms with Crippen molar-refractivity contribution < 1.29 is 19.4 Å². The highest BCUT2D eigenvalue weighted by Crippen LogP contribution is 2.35. The van der Waals surface area contributed by atoms with Crippen molar-refractivity contribution in [1.82, 2.24) is 0 Å². The first-order valence-corrected chi connectivity index (χ1v) is 5.49. The number of hydrogen-bond donors (Lipinski definition) is 2. The van der Waals surface area contributed by atoms with Gasteiger partial charge < -0.3 is 14.6 Å². The van der Waals surface area contributed by atoms with Crippen LogP contribution in [0.1, 0.15) is 10.4 Å². The maximum Gasteiger partial charge on any atom is 0.202 e. The minimum absolute atomic E-state index is 0.0233.